The predicted octanol–water partition coefficient (Wildman–Crippen LogP) is 1.38. The van der Waals surface area contributed by atoms with Gasteiger partial charge < -0.3 is 15.6 Å². The van der Waals surface area contributed by atoms with Crippen molar-refractivity contribution < 1.29 is 14.2 Å². The zero-order valence-electron chi connectivity index (χ0n) is 9.54. The van der Waals surface area contributed by atoms with Gasteiger partial charge in [0.1, 0.15) is 5.82 Å². The molecule has 1 saturated heterocycles. The van der Waals surface area contributed by atoms with E-state index in [2.05, 4.69) is 0 Å². The van der Waals surface area contributed by atoms with Crippen LogP contribution in [0.4, 0.5) is 4.39 Å². The standard InChI is InChI=1S/C12H15ClFNO2/c1-7-2-9(13)8(3-10(7)14)12(5-17-6-12)11(15)4-16/h2-3,11,16H,4-6,15H2,1H3. The Morgan fingerprint density at radius 1 is 1.59 bits per heavy atom. The van der Waals surface area contributed by atoms with E-state index in [4.69, 9.17) is 22.1 Å². The smallest absolute Gasteiger partial charge is 0.126 e. The minimum atomic E-state index is -0.569. The number of aryl methyl sites for hydroxylation is 1. The number of rotatable bonds is 3. The van der Waals surface area contributed by atoms with Crippen molar-refractivity contribution >= 4 is 11.6 Å². The second kappa shape index (κ2) is 4.53. The Kier molecular flexibility index (Phi) is 3.41. The van der Waals surface area contributed by atoms with Crippen molar-refractivity contribution in [2.75, 3.05) is 19.8 Å². The van der Waals surface area contributed by atoms with E-state index < -0.39 is 11.5 Å². The first-order valence-corrected chi connectivity index (χ1v) is 5.79. The molecular formula is C12H15ClFNO2. The molecule has 2 rings (SSSR count). The summed E-state index contributed by atoms with van der Waals surface area (Å²) in [7, 11) is 0. The lowest BCUT2D eigenvalue weighted by atomic mass is 9.72. The summed E-state index contributed by atoms with van der Waals surface area (Å²) in [5.74, 6) is -0.319. The Bertz CT molecular complexity index is 435. The average Bonchev–Trinajstić information content (AvgIpc) is 2.23. The number of hydrogen-bond donors (Lipinski definition) is 2. The maximum atomic E-state index is 13.6. The van der Waals surface area contributed by atoms with E-state index in [0.29, 0.717) is 29.4 Å². The van der Waals surface area contributed by atoms with Crippen molar-refractivity contribution in [2.24, 2.45) is 5.73 Å². The van der Waals surface area contributed by atoms with E-state index in [1.807, 2.05) is 0 Å². The van der Waals surface area contributed by atoms with Crippen LogP contribution in [-0.4, -0.2) is 31.0 Å². The average molecular weight is 260 g/mol. The highest BCUT2D eigenvalue weighted by molar-refractivity contribution is 6.31. The van der Waals surface area contributed by atoms with Gasteiger partial charge in [-0.25, -0.2) is 4.39 Å². The molecule has 3 N–H and O–H groups in total. The Morgan fingerprint density at radius 3 is 2.71 bits per heavy atom. The molecule has 1 aliphatic rings. The molecule has 1 aliphatic heterocycles. The summed E-state index contributed by atoms with van der Waals surface area (Å²) in [6, 6.07) is 2.47. The summed E-state index contributed by atoms with van der Waals surface area (Å²) in [5.41, 5.74) is 6.43. The molecule has 1 fully saturated rings. The lowest BCUT2D eigenvalue weighted by molar-refractivity contribution is -0.0798. The Labute approximate surface area is 104 Å². The maximum absolute atomic E-state index is 13.6. The van der Waals surface area contributed by atoms with Crippen LogP contribution >= 0.6 is 11.6 Å². The Hall–Kier alpha value is -0.680. The van der Waals surface area contributed by atoms with E-state index in [0.717, 1.165) is 0 Å². The third kappa shape index (κ3) is 1.95. The zero-order chi connectivity index (χ0) is 12.6. The molecule has 5 heteroatoms. The Balaban J connectivity index is 2.48. The third-order valence-electron chi connectivity index (χ3n) is 3.41. The first-order chi connectivity index (χ1) is 8.01. The molecule has 1 aromatic rings. The summed E-state index contributed by atoms with van der Waals surface area (Å²) in [5, 5.41) is 9.66. The van der Waals surface area contributed by atoms with Gasteiger partial charge in [-0.3, -0.25) is 0 Å². The molecule has 0 radical (unpaired) electrons. The molecule has 0 spiro atoms. The molecule has 1 atom stereocenters. The van der Waals surface area contributed by atoms with Crippen molar-refractivity contribution in [1.29, 1.82) is 0 Å². The number of aliphatic hydroxyl groups excluding tert-OH is 1. The van der Waals surface area contributed by atoms with Crippen molar-refractivity contribution in [1.82, 2.24) is 0 Å². The highest BCUT2D eigenvalue weighted by Gasteiger charge is 2.46. The van der Waals surface area contributed by atoms with Crippen LogP contribution in [-0.2, 0) is 10.2 Å². The normalized spacial score (nSPS) is 19.8. The number of halogens is 2. The van der Waals surface area contributed by atoms with Gasteiger partial charge in [0.2, 0.25) is 0 Å². The van der Waals surface area contributed by atoms with Crippen molar-refractivity contribution in [3.63, 3.8) is 0 Å². The molecular weight excluding hydrogens is 245 g/mol. The van der Waals surface area contributed by atoms with Crippen LogP contribution in [0.3, 0.4) is 0 Å². The summed E-state index contributed by atoms with van der Waals surface area (Å²) < 4.78 is 18.8. The molecule has 0 aliphatic carbocycles. The topological polar surface area (TPSA) is 55.5 Å². The number of benzene rings is 1. The fraction of sp³-hybridized carbons (Fsp3) is 0.500. The van der Waals surface area contributed by atoms with Gasteiger partial charge in [-0.15, -0.1) is 0 Å². The highest BCUT2D eigenvalue weighted by Crippen LogP contribution is 2.39. The van der Waals surface area contributed by atoms with Crippen LogP contribution in [0.5, 0.6) is 0 Å². The van der Waals surface area contributed by atoms with Crippen LogP contribution in [0.25, 0.3) is 0 Å². The predicted molar refractivity (Wildman–Crippen MR) is 63.7 cm³/mol. The lowest BCUT2D eigenvalue weighted by Crippen LogP contribution is -2.60. The minimum absolute atomic E-state index is 0.185. The molecule has 1 heterocycles. The van der Waals surface area contributed by atoms with Crippen molar-refractivity contribution in [3.05, 3.63) is 34.1 Å². The molecule has 1 aromatic carbocycles. The summed E-state index contributed by atoms with van der Waals surface area (Å²) >= 11 is 6.14. The van der Waals surface area contributed by atoms with Gasteiger partial charge in [0.25, 0.3) is 0 Å². The molecule has 0 saturated carbocycles. The second-order valence-electron chi connectivity index (χ2n) is 4.52. The minimum Gasteiger partial charge on any atom is -0.395 e. The molecule has 3 nitrogen and oxygen atoms in total. The van der Waals surface area contributed by atoms with Gasteiger partial charge in [-0.2, -0.15) is 0 Å². The van der Waals surface area contributed by atoms with E-state index >= 15 is 0 Å². The van der Waals surface area contributed by atoms with E-state index in [-0.39, 0.29) is 12.4 Å². The summed E-state index contributed by atoms with van der Waals surface area (Å²) in [6.07, 6.45) is 0. The van der Waals surface area contributed by atoms with Crippen LogP contribution in [0.15, 0.2) is 12.1 Å². The SMILES string of the molecule is Cc1cc(Cl)c(C2(C(N)CO)COC2)cc1F. The lowest BCUT2D eigenvalue weighted by Gasteiger charge is -2.46. The van der Waals surface area contributed by atoms with Crippen LogP contribution in [0.2, 0.25) is 5.02 Å². The highest BCUT2D eigenvalue weighted by atomic mass is 35.5. The summed E-state index contributed by atoms with van der Waals surface area (Å²) in [6.45, 7) is 2.18. The number of ether oxygens (including phenoxy) is 1. The van der Waals surface area contributed by atoms with E-state index in [1.54, 1.807) is 13.0 Å². The third-order valence-corrected chi connectivity index (χ3v) is 3.72. The fourth-order valence-corrected chi connectivity index (χ4v) is 2.50. The quantitative estimate of drug-likeness (QED) is 0.862. The Morgan fingerprint density at radius 2 is 2.24 bits per heavy atom. The summed E-state index contributed by atoms with van der Waals surface area (Å²) in [4.78, 5) is 0. The number of aliphatic hydroxyl groups is 1. The molecule has 0 aromatic heterocycles. The van der Waals surface area contributed by atoms with Gasteiger partial charge in [-0.1, -0.05) is 11.6 Å². The van der Waals surface area contributed by atoms with Crippen LogP contribution in [0, 0.1) is 12.7 Å². The first-order valence-electron chi connectivity index (χ1n) is 5.41. The monoisotopic (exact) mass is 259 g/mol. The van der Waals surface area contributed by atoms with Gasteiger partial charge in [0.05, 0.1) is 25.2 Å². The van der Waals surface area contributed by atoms with E-state index in [9.17, 15) is 9.50 Å². The second-order valence-corrected chi connectivity index (χ2v) is 4.93. The fourth-order valence-electron chi connectivity index (χ4n) is 2.09. The van der Waals surface area contributed by atoms with Crippen LogP contribution in [0.1, 0.15) is 11.1 Å². The number of hydrogen-bond acceptors (Lipinski definition) is 3. The molecule has 1 unspecified atom stereocenters. The zero-order valence-corrected chi connectivity index (χ0v) is 10.3. The van der Waals surface area contributed by atoms with Gasteiger partial charge in [-0.05, 0) is 30.2 Å². The molecule has 94 valence electrons. The number of nitrogens with two attached hydrogens (primary N) is 1. The largest absolute Gasteiger partial charge is 0.395 e. The molecule has 0 amide bonds. The van der Waals surface area contributed by atoms with Crippen molar-refractivity contribution in [3.8, 4) is 0 Å². The van der Waals surface area contributed by atoms with Gasteiger partial charge in [0.15, 0.2) is 0 Å². The molecule has 17 heavy (non-hydrogen) atoms. The van der Waals surface area contributed by atoms with Gasteiger partial charge >= 0.3 is 0 Å². The van der Waals surface area contributed by atoms with E-state index in [1.165, 1.54) is 6.07 Å². The van der Waals surface area contributed by atoms with Crippen LogP contribution < -0.4 is 5.73 Å². The van der Waals surface area contributed by atoms with Gasteiger partial charge in [0, 0.05) is 11.1 Å². The molecule has 0 bridgehead atoms. The first kappa shape index (κ1) is 12.8. The maximum Gasteiger partial charge on any atom is 0.126 e. The van der Waals surface area contributed by atoms with Crippen molar-refractivity contribution in [2.45, 2.75) is 18.4 Å².